The van der Waals surface area contributed by atoms with Gasteiger partial charge >= 0.3 is 11.8 Å². The van der Waals surface area contributed by atoms with Crippen molar-refractivity contribution >= 4 is 29.0 Å². The first-order valence-electron chi connectivity index (χ1n) is 7.81. The van der Waals surface area contributed by atoms with Crippen LogP contribution in [-0.2, 0) is 36.0 Å². The highest BCUT2D eigenvalue weighted by Crippen LogP contribution is 2.28. The molecule has 0 aromatic carbocycles. The molecule has 6 nitrogen and oxygen atoms in total. The first-order chi connectivity index (χ1) is 11.1. The number of carbonyl (C=O) groups is 2. The number of aryl methyl sites for hydroxylation is 3. The number of anilines is 1. The lowest BCUT2D eigenvalue weighted by Crippen LogP contribution is -2.34. The monoisotopic (exact) mass is 332 g/mol. The van der Waals surface area contributed by atoms with Gasteiger partial charge in [-0.05, 0) is 37.3 Å². The summed E-state index contributed by atoms with van der Waals surface area (Å²) in [6, 6.07) is 3.81. The van der Waals surface area contributed by atoms with Gasteiger partial charge in [0.2, 0.25) is 0 Å². The zero-order valence-corrected chi connectivity index (χ0v) is 13.9. The summed E-state index contributed by atoms with van der Waals surface area (Å²) in [6.45, 7) is 0.395. The molecule has 0 saturated carbocycles. The van der Waals surface area contributed by atoms with E-state index in [2.05, 4.69) is 21.8 Å². The average molecular weight is 332 g/mol. The van der Waals surface area contributed by atoms with Gasteiger partial charge in [0.05, 0.1) is 6.54 Å². The van der Waals surface area contributed by atoms with Crippen LogP contribution in [0, 0.1) is 0 Å². The zero-order chi connectivity index (χ0) is 16.2. The fourth-order valence-corrected chi connectivity index (χ4v) is 3.92. The second kappa shape index (κ2) is 6.95. The highest BCUT2D eigenvalue weighted by atomic mass is 32.1. The molecular weight excluding hydrogens is 312 g/mol. The van der Waals surface area contributed by atoms with E-state index in [1.807, 2.05) is 0 Å². The third-order valence-corrected chi connectivity index (χ3v) is 5.12. The summed E-state index contributed by atoms with van der Waals surface area (Å²) in [6.07, 6.45) is 7.73. The summed E-state index contributed by atoms with van der Waals surface area (Å²) in [5.41, 5.74) is 1.41. The fraction of sp³-hybridized carbons (Fsp3) is 0.438. The zero-order valence-electron chi connectivity index (χ0n) is 13.1. The van der Waals surface area contributed by atoms with Gasteiger partial charge in [-0.2, -0.15) is 5.10 Å². The molecule has 3 rings (SSSR count). The van der Waals surface area contributed by atoms with Crippen LogP contribution >= 0.6 is 11.3 Å². The van der Waals surface area contributed by atoms with E-state index in [0.717, 1.165) is 17.7 Å². The first-order valence-corrected chi connectivity index (χ1v) is 8.63. The first kappa shape index (κ1) is 15.7. The molecule has 0 saturated heterocycles. The fourth-order valence-electron chi connectivity index (χ4n) is 2.72. The second-order valence-electron chi connectivity index (χ2n) is 5.73. The Bertz CT molecular complexity index is 696. The molecule has 0 radical (unpaired) electrons. The predicted molar refractivity (Wildman–Crippen MR) is 89.3 cm³/mol. The van der Waals surface area contributed by atoms with Crippen LogP contribution in [-0.4, -0.2) is 21.6 Å². The van der Waals surface area contributed by atoms with Crippen LogP contribution < -0.4 is 10.6 Å². The third-order valence-electron chi connectivity index (χ3n) is 3.88. The molecule has 0 aliphatic heterocycles. The molecule has 2 aromatic rings. The van der Waals surface area contributed by atoms with Crippen LogP contribution in [0.5, 0.6) is 0 Å². The van der Waals surface area contributed by atoms with Crippen molar-refractivity contribution in [3.05, 3.63) is 33.6 Å². The number of amides is 2. The Morgan fingerprint density at radius 2 is 2.09 bits per heavy atom. The molecule has 0 fully saturated rings. The van der Waals surface area contributed by atoms with Crippen molar-refractivity contribution in [2.24, 2.45) is 7.05 Å². The highest BCUT2D eigenvalue weighted by Gasteiger charge is 2.16. The number of aromatic nitrogens is 2. The van der Waals surface area contributed by atoms with Crippen molar-refractivity contribution in [1.82, 2.24) is 15.1 Å². The van der Waals surface area contributed by atoms with E-state index < -0.39 is 11.8 Å². The maximum atomic E-state index is 11.9. The normalized spacial score (nSPS) is 14.0. The van der Waals surface area contributed by atoms with Gasteiger partial charge < -0.3 is 10.6 Å². The Labute approximate surface area is 138 Å². The molecule has 0 bridgehead atoms. The molecule has 0 unspecified atom stereocenters. The second-order valence-corrected chi connectivity index (χ2v) is 6.95. The molecule has 122 valence electrons. The molecule has 2 aromatic heterocycles. The highest BCUT2D eigenvalue weighted by molar-refractivity contribution is 7.12. The van der Waals surface area contributed by atoms with Crippen molar-refractivity contribution in [1.29, 1.82) is 0 Å². The number of hydrogen-bond acceptors (Lipinski definition) is 4. The lowest BCUT2D eigenvalue weighted by Gasteiger charge is -2.03. The van der Waals surface area contributed by atoms with Gasteiger partial charge in [-0.15, -0.1) is 11.3 Å². The molecule has 23 heavy (non-hydrogen) atoms. The minimum Gasteiger partial charge on any atom is -0.343 e. The summed E-state index contributed by atoms with van der Waals surface area (Å²) in [5, 5.41) is 9.16. The number of nitrogens with zero attached hydrogens (tertiary/aromatic N) is 2. The maximum absolute atomic E-state index is 11.9. The van der Waals surface area contributed by atoms with Crippen LogP contribution in [0.1, 0.15) is 34.6 Å². The molecule has 0 spiro atoms. The van der Waals surface area contributed by atoms with E-state index in [9.17, 15) is 9.59 Å². The van der Waals surface area contributed by atoms with Crippen molar-refractivity contribution in [2.45, 2.75) is 38.6 Å². The van der Waals surface area contributed by atoms with Crippen molar-refractivity contribution in [3.63, 3.8) is 0 Å². The third kappa shape index (κ3) is 3.98. The SMILES string of the molecule is Cn1ccc(NC(=O)C(=O)NCc2cc3c(s2)CCCCC3)n1. The summed E-state index contributed by atoms with van der Waals surface area (Å²) >= 11 is 1.75. The van der Waals surface area contributed by atoms with Crippen molar-refractivity contribution in [3.8, 4) is 0 Å². The molecule has 2 heterocycles. The Morgan fingerprint density at radius 3 is 2.87 bits per heavy atom. The Hall–Kier alpha value is -2.15. The van der Waals surface area contributed by atoms with Crippen LogP contribution in [0.2, 0.25) is 0 Å². The maximum Gasteiger partial charge on any atom is 0.314 e. The van der Waals surface area contributed by atoms with Crippen LogP contribution in [0.4, 0.5) is 5.82 Å². The van der Waals surface area contributed by atoms with Gasteiger partial charge in [-0.25, -0.2) is 0 Å². The summed E-state index contributed by atoms with van der Waals surface area (Å²) in [4.78, 5) is 26.2. The van der Waals surface area contributed by atoms with Crippen molar-refractivity contribution < 1.29 is 9.59 Å². The number of thiophene rings is 1. The smallest absolute Gasteiger partial charge is 0.314 e. The largest absolute Gasteiger partial charge is 0.343 e. The molecule has 1 aliphatic rings. The van der Waals surface area contributed by atoms with E-state index in [1.165, 1.54) is 29.7 Å². The lowest BCUT2D eigenvalue weighted by molar-refractivity contribution is -0.136. The minimum atomic E-state index is -0.693. The lowest BCUT2D eigenvalue weighted by atomic mass is 10.1. The molecule has 2 amide bonds. The topological polar surface area (TPSA) is 76.0 Å². The van der Waals surface area contributed by atoms with E-state index in [0.29, 0.717) is 12.4 Å². The van der Waals surface area contributed by atoms with Gasteiger partial charge in [-0.3, -0.25) is 14.3 Å². The Kier molecular flexibility index (Phi) is 4.76. The van der Waals surface area contributed by atoms with Crippen molar-refractivity contribution in [2.75, 3.05) is 5.32 Å². The van der Waals surface area contributed by atoms with Crippen LogP contribution in [0.25, 0.3) is 0 Å². The Balaban J connectivity index is 1.53. The van der Waals surface area contributed by atoms with E-state index in [4.69, 9.17) is 0 Å². The number of rotatable bonds is 3. The standard InChI is InChI=1S/C16H20N4O2S/c1-20-8-7-14(19-20)18-16(22)15(21)17-10-12-9-11-5-3-2-4-6-13(11)23-12/h7-9H,2-6,10H2,1H3,(H,17,21)(H,18,19,22). The van der Waals surface area contributed by atoms with Gasteiger partial charge in [0, 0.05) is 29.1 Å². The van der Waals surface area contributed by atoms with Gasteiger partial charge in [0.25, 0.3) is 0 Å². The average Bonchev–Trinajstić information content (AvgIpc) is 3.04. The van der Waals surface area contributed by atoms with E-state index in [1.54, 1.807) is 35.3 Å². The van der Waals surface area contributed by atoms with E-state index in [-0.39, 0.29) is 0 Å². The summed E-state index contributed by atoms with van der Waals surface area (Å²) < 4.78 is 1.56. The Morgan fingerprint density at radius 1 is 1.26 bits per heavy atom. The number of fused-ring (bicyclic) bond motifs is 1. The predicted octanol–water partition coefficient (Wildman–Crippen LogP) is 2.01. The summed E-state index contributed by atoms with van der Waals surface area (Å²) in [5.74, 6) is -0.962. The summed E-state index contributed by atoms with van der Waals surface area (Å²) in [7, 11) is 1.75. The molecule has 7 heteroatoms. The van der Waals surface area contributed by atoms with Crippen LogP contribution in [0.3, 0.4) is 0 Å². The number of carbonyl (C=O) groups excluding carboxylic acids is 2. The van der Waals surface area contributed by atoms with Crippen LogP contribution in [0.15, 0.2) is 18.3 Å². The molecule has 0 atom stereocenters. The quantitative estimate of drug-likeness (QED) is 0.667. The van der Waals surface area contributed by atoms with Gasteiger partial charge in [0.1, 0.15) is 0 Å². The van der Waals surface area contributed by atoms with Gasteiger partial charge in [0.15, 0.2) is 5.82 Å². The number of nitrogens with one attached hydrogen (secondary N) is 2. The molecule has 1 aliphatic carbocycles. The molecule has 2 N–H and O–H groups in total. The molecular formula is C16H20N4O2S. The minimum absolute atomic E-state index is 0.371. The van der Waals surface area contributed by atoms with E-state index >= 15 is 0 Å². The number of hydrogen-bond donors (Lipinski definition) is 2. The van der Waals surface area contributed by atoms with Gasteiger partial charge in [-0.1, -0.05) is 6.42 Å².